The summed E-state index contributed by atoms with van der Waals surface area (Å²) in [5.41, 5.74) is 1.48. The third kappa shape index (κ3) is 9.19. The lowest BCUT2D eigenvalue weighted by atomic mass is 9.99. The van der Waals surface area contributed by atoms with Gasteiger partial charge in [0, 0.05) is 11.2 Å². The summed E-state index contributed by atoms with van der Waals surface area (Å²) < 4.78 is 32.2. The number of aromatic nitrogens is 3. The van der Waals surface area contributed by atoms with E-state index in [1.165, 1.54) is 6.33 Å². The molecule has 14 heteroatoms. The first-order valence-electron chi connectivity index (χ1n) is 20.3. The number of imide groups is 1. The third-order valence-electron chi connectivity index (χ3n) is 12.4. The van der Waals surface area contributed by atoms with Crippen molar-refractivity contribution in [1.29, 1.82) is 0 Å². The monoisotopic (exact) mass is 826 g/mol. The Labute approximate surface area is 337 Å². The molecule has 10 nitrogen and oxygen atoms in total. The molecule has 3 aromatic rings. The van der Waals surface area contributed by atoms with Gasteiger partial charge in [0.2, 0.25) is 0 Å². The second-order valence-corrected chi connectivity index (χ2v) is 29.2. The van der Waals surface area contributed by atoms with Gasteiger partial charge in [-0.1, -0.05) is 99.2 Å². The van der Waals surface area contributed by atoms with Crippen molar-refractivity contribution in [3.05, 3.63) is 78.8 Å². The van der Waals surface area contributed by atoms with Crippen LogP contribution in [0.2, 0.25) is 59.4 Å². The fraction of sp³-hybridized carbons (Fsp3) is 0.561. The SMILES string of the molecule is C=CC(=O)N(C(=O)C=C)c1ncnc2c1ccn2[C@@H]1O[C@H](C(O[Si](CC)(CC)CC)c2ccc(Cl)cc2)[C@@H](O[Si](CC)(CC)CC)[C@H]1O[Si](CC)(CC)CC. The number of benzene rings is 1. The topological polar surface area (TPSA) is 105 Å². The fourth-order valence-electron chi connectivity index (χ4n) is 8.06. The molecule has 0 spiro atoms. The number of hydrogen-bond acceptors (Lipinski definition) is 8. The van der Waals surface area contributed by atoms with Crippen molar-refractivity contribution in [2.75, 3.05) is 4.90 Å². The average molecular weight is 828 g/mol. The standard InChI is InChI=1S/C41H63ClN4O6Si3/c1-12-33(47)46(34(48)13-2)40-32-27-28-45(39(32)43-29-44-40)41-38(52-55(20-9,21-10)22-11)37(51-54(17-6,18-7)19-8)36(49-41)35(30-23-25-31(42)26-24-30)50-53(14-3,15-4)16-5/h12-13,23-29,35-38,41H,1-2,14-22H2,3-11H3/t35?,36-,37-,38-,41-/m1/s1. The molecular weight excluding hydrogens is 764 g/mol. The number of hydrogen-bond donors (Lipinski definition) is 0. The molecule has 0 aliphatic carbocycles. The lowest BCUT2D eigenvalue weighted by Crippen LogP contribution is -2.53. The summed E-state index contributed by atoms with van der Waals surface area (Å²) in [6.07, 6.45) is 2.76. The van der Waals surface area contributed by atoms with Crippen molar-refractivity contribution >= 4 is 65.2 Å². The second kappa shape index (κ2) is 19.6. The first-order chi connectivity index (χ1) is 26.4. The summed E-state index contributed by atoms with van der Waals surface area (Å²) in [5, 5.41) is 1.15. The quantitative estimate of drug-likeness (QED) is 0.0772. The van der Waals surface area contributed by atoms with Crippen LogP contribution in [0.4, 0.5) is 5.82 Å². The number of carbonyl (C=O) groups is 2. The van der Waals surface area contributed by atoms with Gasteiger partial charge in [-0.25, -0.2) is 14.9 Å². The zero-order chi connectivity index (χ0) is 40.6. The highest BCUT2D eigenvalue weighted by molar-refractivity contribution is 6.74. The molecule has 4 rings (SSSR count). The molecule has 2 amide bonds. The first kappa shape index (κ1) is 44.9. The number of ether oxygens (including phenoxy) is 1. The van der Waals surface area contributed by atoms with Gasteiger partial charge in [-0.2, -0.15) is 0 Å². The molecule has 0 radical (unpaired) electrons. The molecule has 1 aliphatic rings. The number of rotatable bonds is 21. The predicted molar refractivity (Wildman–Crippen MR) is 231 cm³/mol. The Balaban J connectivity index is 2.05. The molecule has 3 heterocycles. The van der Waals surface area contributed by atoms with Crippen molar-refractivity contribution in [1.82, 2.24) is 14.5 Å². The summed E-state index contributed by atoms with van der Waals surface area (Å²) in [6, 6.07) is 18.3. The lowest BCUT2D eigenvalue weighted by molar-refractivity contribution is -0.121. The van der Waals surface area contributed by atoms with Gasteiger partial charge in [0.25, 0.3) is 11.8 Å². The molecule has 1 aliphatic heterocycles. The van der Waals surface area contributed by atoms with Crippen LogP contribution >= 0.6 is 11.6 Å². The van der Waals surface area contributed by atoms with E-state index in [0.29, 0.717) is 16.1 Å². The van der Waals surface area contributed by atoms with Crippen LogP contribution in [-0.4, -0.2) is 69.6 Å². The maximum Gasteiger partial charge on any atom is 0.258 e. The van der Waals surface area contributed by atoms with Crippen LogP contribution < -0.4 is 4.90 Å². The van der Waals surface area contributed by atoms with Gasteiger partial charge in [0.15, 0.2) is 37.0 Å². The summed E-state index contributed by atoms with van der Waals surface area (Å²) in [5.74, 6) is -1.10. The minimum atomic E-state index is -2.30. The minimum absolute atomic E-state index is 0.138. The number of halogens is 1. The van der Waals surface area contributed by atoms with E-state index < -0.39 is 67.4 Å². The molecule has 1 fully saturated rings. The normalized spacial score (nSPS) is 19.7. The largest absolute Gasteiger partial charge is 0.408 e. The molecule has 302 valence electrons. The van der Waals surface area contributed by atoms with Crippen molar-refractivity contribution in [3.63, 3.8) is 0 Å². The van der Waals surface area contributed by atoms with Crippen LogP contribution in [0.25, 0.3) is 11.0 Å². The Hall–Kier alpha value is -2.76. The Morgan fingerprint density at radius 2 is 1.27 bits per heavy atom. The Kier molecular flexibility index (Phi) is 16.0. The van der Waals surface area contributed by atoms with Crippen molar-refractivity contribution < 1.29 is 27.6 Å². The molecule has 0 saturated carbocycles. The average Bonchev–Trinajstić information content (AvgIpc) is 3.81. The van der Waals surface area contributed by atoms with Crippen LogP contribution in [0.5, 0.6) is 0 Å². The van der Waals surface area contributed by atoms with Crippen LogP contribution in [0.3, 0.4) is 0 Å². The number of nitrogens with zero attached hydrogens (tertiary/aromatic N) is 4. The molecule has 5 atom stereocenters. The van der Waals surface area contributed by atoms with Crippen molar-refractivity contribution in [3.8, 4) is 0 Å². The summed E-state index contributed by atoms with van der Waals surface area (Å²) in [7, 11) is -6.81. The molecule has 1 unspecified atom stereocenters. The third-order valence-corrected chi connectivity index (χ3v) is 26.6. The van der Waals surface area contributed by atoms with E-state index in [1.54, 1.807) is 0 Å². The molecule has 0 N–H and O–H groups in total. The van der Waals surface area contributed by atoms with Crippen molar-refractivity contribution in [2.24, 2.45) is 0 Å². The Morgan fingerprint density at radius 1 is 0.782 bits per heavy atom. The summed E-state index contributed by atoms with van der Waals surface area (Å²) in [6.45, 7) is 27.4. The highest BCUT2D eigenvalue weighted by atomic mass is 35.5. The Morgan fingerprint density at radius 3 is 1.75 bits per heavy atom. The van der Waals surface area contributed by atoms with E-state index in [0.717, 1.165) is 77.0 Å². The van der Waals surface area contributed by atoms with Crippen LogP contribution in [-0.2, 0) is 27.6 Å². The van der Waals surface area contributed by atoms with Gasteiger partial charge in [0.1, 0.15) is 30.3 Å². The maximum absolute atomic E-state index is 13.1. The predicted octanol–water partition coefficient (Wildman–Crippen LogP) is 10.8. The van der Waals surface area contributed by atoms with Gasteiger partial charge in [-0.05, 0) is 90.3 Å². The van der Waals surface area contributed by atoms with Crippen LogP contribution in [0.1, 0.15) is 80.2 Å². The molecule has 55 heavy (non-hydrogen) atoms. The van der Waals surface area contributed by atoms with E-state index in [-0.39, 0.29) is 5.82 Å². The molecular formula is C41H63ClN4O6Si3. The van der Waals surface area contributed by atoms with E-state index in [1.807, 2.05) is 29.0 Å². The maximum atomic E-state index is 13.1. The highest BCUT2D eigenvalue weighted by Gasteiger charge is 2.56. The number of amides is 2. The van der Waals surface area contributed by atoms with E-state index in [4.69, 9.17) is 34.6 Å². The second-order valence-electron chi connectivity index (χ2n) is 14.6. The zero-order valence-electron chi connectivity index (χ0n) is 34.5. The number of fused-ring (bicyclic) bond motifs is 1. The van der Waals surface area contributed by atoms with Crippen molar-refractivity contribution in [2.45, 2.75) is 147 Å². The van der Waals surface area contributed by atoms with Gasteiger partial charge in [0.05, 0.1) is 11.5 Å². The van der Waals surface area contributed by atoms with E-state index >= 15 is 0 Å². The molecule has 1 saturated heterocycles. The fourth-order valence-corrected chi connectivity index (χ4v) is 16.7. The van der Waals surface area contributed by atoms with E-state index in [9.17, 15) is 9.59 Å². The molecule has 1 aromatic carbocycles. The lowest BCUT2D eigenvalue weighted by Gasteiger charge is -2.42. The number of anilines is 1. The minimum Gasteiger partial charge on any atom is -0.408 e. The molecule has 0 bridgehead atoms. The Bertz CT molecular complexity index is 1720. The zero-order valence-corrected chi connectivity index (χ0v) is 38.2. The molecule has 2 aromatic heterocycles. The highest BCUT2D eigenvalue weighted by Crippen LogP contribution is 2.47. The van der Waals surface area contributed by atoms with Crippen LogP contribution in [0, 0.1) is 0 Å². The van der Waals surface area contributed by atoms with Gasteiger partial charge in [-0.3, -0.25) is 9.59 Å². The van der Waals surface area contributed by atoms with E-state index in [2.05, 4.69) is 92.6 Å². The van der Waals surface area contributed by atoms with Gasteiger partial charge in [-0.15, -0.1) is 0 Å². The van der Waals surface area contributed by atoms with Crippen LogP contribution in [0.15, 0.2) is 68.2 Å². The van der Waals surface area contributed by atoms with Gasteiger partial charge >= 0.3 is 0 Å². The number of carbonyl (C=O) groups excluding carboxylic acids is 2. The summed E-state index contributed by atoms with van der Waals surface area (Å²) in [4.78, 5) is 36.2. The summed E-state index contributed by atoms with van der Waals surface area (Å²) >= 11 is 6.48. The first-order valence-corrected chi connectivity index (χ1v) is 28.2. The smallest absolute Gasteiger partial charge is 0.258 e. The van der Waals surface area contributed by atoms with Gasteiger partial charge < -0.3 is 22.6 Å².